The minimum absolute atomic E-state index is 0. The number of hydrogen-bond acceptors (Lipinski definition) is 3. The molecule has 1 heterocycles. The minimum Gasteiger partial charge on any atom is -0.389 e. The Morgan fingerprint density at radius 2 is 1.90 bits per heavy atom. The summed E-state index contributed by atoms with van der Waals surface area (Å²) in [5, 5.41) is 10.1. The van der Waals surface area contributed by atoms with Crippen molar-refractivity contribution in [3.05, 3.63) is 35.4 Å². The molecule has 1 unspecified atom stereocenters. The van der Waals surface area contributed by atoms with Gasteiger partial charge in [-0.1, -0.05) is 37.1 Å². The quantitative estimate of drug-likeness (QED) is 0.907. The monoisotopic (exact) mass is 311 g/mol. The number of aliphatic hydroxyl groups is 1. The van der Waals surface area contributed by atoms with Crippen molar-refractivity contribution in [3.63, 3.8) is 0 Å². The van der Waals surface area contributed by atoms with E-state index in [2.05, 4.69) is 29.2 Å². The van der Waals surface area contributed by atoms with Gasteiger partial charge in [0, 0.05) is 19.6 Å². The lowest BCUT2D eigenvalue weighted by Crippen LogP contribution is -2.38. The van der Waals surface area contributed by atoms with Crippen LogP contribution in [0.15, 0.2) is 24.3 Å². The molecule has 1 atom stereocenters. The van der Waals surface area contributed by atoms with Gasteiger partial charge in [-0.05, 0) is 30.4 Å². The van der Waals surface area contributed by atoms with Gasteiger partial charge in [0.15, 0.2) is 0 Å². The van der Waals surface area contributed by atoms with Crippen molar-refractivity contribution in [1.82, 2.24) is 4.90 Å². The number of fused-ring (bicyclic) bond motifs is 1. The maximum Gasteiger partial charge on any atom is 0.0900 e. The van der Waals surface area contributed by atoms with Crippen LogP contribution in [0.1, 0.15) is 36.8 Å². The Hall–Kier alpha value is -0.610. The van der Waals surface area contributed by atoms with Crippen molar-refractivity contribution in [2.24, 2.45) is 0 Å². The standard InChI is InChI=1S/C17H25NO2.ClH/c19-16(13-20-17-7-3-4-8-17)12-18-10-9-14-5-1-2-6-15(14)11-18;/h1-2,5-6,16-17,19H,3-4,7-13H2;1H. The molecule has 2 aliphatic rings. The number of rotatable bonds is 5. The van der Waals surface area contributed by atoms with E-state index in [-0.39, 0.29) is 18.5 Å². The molecule has 0 spiro atoms. The fraction of sp³-hybridized carbons (Fsp3) is 0.647. The second-order valence-electron chi connectivity index (χ2n) is 6.15. The summed E-state index contributed by atoms with van der Waals surface area (Å²) in [4.78, 5) is 2.34. The van der Waals surface area contributed by atoms with Crippen LogP contribution in [0.2, 0.25) is 0 Å². The van der Waals surface area contributed by atoms with Gasteiger partial charge in [0.05, 0.1) is 18.8 Å². The number of halogens is 1. The second-order valence-corrected chi connectivity index (χ2v) is 6.15. The van der Waals surface area contributed by atoms with E-state index in [0.29, 0.717) is 12.7 Å². The molecule has 3 nitrogen and oxygen atoms in total. The zero-order valence-corrected chi connectivity index (χ0v) is 13.4. The zero-order valence-electron chi connectivity index (χ0n) is 12.5. The first kappa shape index (κ1) is 16.8. The van der Waals surface area contributed by atoms with Gasteiger partial charge in [-0.3, -0.25) is 4.90 Å². The van der Waals surface area contributed by atoms with Gasteiger partial charge in [-0.15, -0.1) is 12.4 Å². The molecule has 1 fully saturated rings. The maximum absolute atomic E-state index is 10.1. The summed E-state index contributed by atoms with van der Waals surface area (Å²) >= 11 is 0. The first-order chi connectivity index (χ1) is 9.81. The highest BCUT2D eigenvalue weighted by atomic mass is 35.5. The van der Waals surface area contributed by atoms with E-state index in [4.69, 9.17) is 4.74 Å². The van der Waals surface area contributed by atoms with Crippen molar-refractivity contribution in [3.8, 4) is 0 Å². The molecule has 1 aromatic carbocycles. The average molecular weight is 312 g/mol. The summed E-state index contributed by atoms with van der Waals surface area (Å²) in [5.41, 5.74) is 2.86. The number of benzene rings is 1. The van der Waals surface area contributed by atoms with Crippen LogP contribution in [0.3, 0.4) is 0 Å². The fourth-order valence-corrected chi connectivity index (χ4v) is 3.36. The van der Waals surface area contributed by atoms with E-state index in [9.17, 15) is 5.11 Å². The number of aliphatic hydroxyl groups excluding tert-OH is 1. The van der Waals surface area contributed by atoms with Gasteiger partial charge in [0.1, 0.15) is 0 Å². The minimum atomic E-state index is -0.360. The van der Waals surface area contributed by atoms with Crippen molar-refractivity contribution in [2.75, 3.05) is 19.7 Å². The first-order valence-corrected chi connectivity index (χ1v) is 7.90. The van der Waals surface area contributed by atoms with Gasteiger partial charge in [0.2, 0.25) is 0 Å². The summed E-state index contributed by atoms with van der Waals surface area (Å²) in [6.07, 6.45) is 6.03. The largest absolute Gasteiger partial charge is 0.389 e. The fourth-order valence-electron chi connectivity index (χ4n) is 3.36. The van der Waals surface area contributed by atoms with Crippen LogP contribution in [-0.2, 0) is 17.7 Å². The third kappa shape index (κ3) is 4.68. The van der Waals surface area contributed by atoms with Crippen molar-refractivity contribution in [1.29, 1.82) is 0 Å². The second kappa shape index (κ2) is 8.14. The molecule has 1 aliphatic heterocycles. The van der Waals surface area contributed by atoms with E-state index in [1.54, 1.807) is 0 Å². The molecule has 1 N–H and O–H groups in total. The molecule has 0 saturated heterocycles. The Morgan fingerprint density at radius 1 is 1.19 bits per heavy atom. The van der Waals surface area contributed by atoms with E-state index in [0.717, 1.165) is 26.1 Å². The number of nitrogens with zero attached hydrogens (tertiary/aromatic N) is 1. The van der Waals surface area contributed by atoms with Crippen molar-refractivity contribution < 1.29 is 9.84 Å². The van der Waals surface area contributed by atoms with E-state index >= 15 is 0 Å². The van der Waals surface area contributed by atoms with Crippen LogP contribution in [0.5, 0.6) is 0 Å². The molecule has 118 valence electrons. The Morgan fingerprint density at radius 3 is 2.67 bits per heavy atom. The smallest absolute Gasteiger partial charge is 0.0900 e. The number of β-amino-alcohol motifs (C(OH)–C–C–N with tert-alkyl or cyclic N) is 1. The van der Waals surface area contributed by atoms with E-state index in [1.165, 1.54) is 36.8 Å². The van der Waals surface area contributed by atoms with Crippen LogP contribution in [0, 0.1) is 0 Å². The third-order valence-electron chi connectivity index (χ3n) is 4.51. The Balaban J connectivity index is 0.00000161. The molecule has 1 saturated carbocycles. The molecule has 0 radical (unpaired) electrons. The highest BCUT2D eigenvalue weighted by Gasteiger charge is 2.20. The molecule has 3 rings (SSSR count). The summed E-state index contributed by atoms with van der Waals surface area (Å²) in [6.45, 7) is 3.21. The lowest BCUT2D eigenvalue weighted by Gasteiger charge is -2.30. The molecule has 1 aromatic rings. The first-order valence-electron chi connectivity index (χ1n) is 7.90. The topological polar surface area (TPSA) is 32.7 Å². The van der Waals surface area contributed by atoms with Crippen molar-refractivity contribution in [2.45, 2.75) is 50.9 Å². The van der Waals surface area contributed by atoms with E-state index in [1.807, 2.05) is 0 Å². The molecule has 1 aliphatic carbocycles. The summed E-state index contributed by atoms with van der Waals surface area (Å²) < 4.78 is 5.80. The lowest BCUT2D eigenvalue weighted by molar-refractivity contribution is -0.0198. The molecule has 0 aromatic heterocycles. The van der Waals surface area contributed by atoms with Crippen LogP contribution >= 0.6 is 12.4 Å². The van der Waals surface area contributed by atoms with Crippen molar-refractivity contribution >= 4 is 12.4 Å². The van der Waals surface area contributed by atoms with Gasteiger partial charge in [-0.25, -0.2) is 0 Å². The predicted molar refractivity (Wildman–Crippen MR) is 86.9 cm³/mol. The lowest BCUT2D eigenvalue weighted by atomic mass is 10.00. The number of hydrogen-bond donors (Lipinski definition) is 1. The summed E-state index contributed by atoms with van der Waals surface area (Å²) in [5.74, 6) is 0. The molecule has 21 heavy (non-hydrogen) atoms. The van der Waals surface area contributed by atoms with Gasteiger partial charge >= 0.3 is 0 Å². The molecular formula is C17H26ClNO2. The molecular weight excluding hydrogens is 286 g/mol. The van der Waals surface area contributed by atoms with Crippen LogP contribution in [0.4, 0.5) is 0 Å². The van der Waals surface area contributed by atoms with E-state index < -0.39 is 0 Å². The number of ether oxygens (including phenoxy) is 1. The Labute approximate surface area is 133 Å². The predicted octanol–water partition coefficient (Wildman–Crippen LogP) is 2.79. The maximum atomic E-state index is 10.1. The molecule has 0 bridgehead atoms. The normalized spacial score (nSPS) is 20.8. The SMILES string of the molecule is Cl.OC(COC1CCCC1)CN1CCc2ccccc2C1. The van der Waals surface area contributed by atoms with Crippen LogP contribution in [0.25, 0.3) is 0 Å². The van der Waals surface area contributed by atoms with Gasteiger partial charge in [0.25, 0.3) is 0 Å². The van der Waals surface area contributed by atoms with Gasteiger partial charge < -0.3 is 9.84 Å². The Kier molecular flexibility index (Phi) is 6.49. The molecule has 4 heteroatoms. The highest BCUT2D eigenvalue weighted by molar-refractivity contribution is 5.85. The summed E-state index contributed by atoms with van der Waals surface area (Å²) in [6, 6.07) is 8.62. The molecule has 0 amide bonds. The zero-order chi connectivity index (χ0) is 13.8. The van der Waals surface area contributed by atoms with Crippen LogP contribution in [-0.4, -0.2) is 41.9 Å². The average Bonchev–Trinajstić information content (AvgIpc) is 2.98. The summed E-state index contributed by atoms with van der Waals surface area (Å²) in [7, 11) is 0. The third-order valence-corrected chi connectivity index (χ3v) is 4.51. The Bertz CT molecular complexity index is 435. The van der Waals surface area contributed by atoms with Crippen LogP contribution < -0.4 is 0 Å². The van der Waals surface area contributed by atoms with Gasteiger partial charge in [-0.2, -0.15) is 0 Å². The highest BCUT2D eigenvalue weighted by Crippen LogP contribution is 2.21.